The lowest BCUT2D eigenvalue weighted by atomic mass is 9.93. The van der Waals surface area contributed by atoms with Gasteiger partial charge in [-0.25, -0.2) is 0 Å². The van der Waals surface area contributed by atoms with Gasteiger partial charge in [0.15, 0.2) is 0 Å². The summed E-state index contributed by atoms with van der Waals surface area (Å²) in [4.78, 5) is 11.0. The minimum absolute atomic E-state index is 0.0570. The lowest BCUT2D eigenvalue weighted by Crippen LogP contribution is -2.07. The highest BCUT2D eigenvalue weighted by Gasteiger charge is 2.08. The Morgan fingerprint density at radius 2 is 1.92 bits per heavy atom. The summed E-state index contributed by atoms with van der Waals surface area (Å²) >= 11 is 0. The number of carbonyl (C=O) groups excluding carboxylic acids is 1. The number of rotatable bonds is 6. The van der Waals surface area contributed by atoms with Crippen LogP contribution in [0.15, 0.2) is 0 Å². The summed E-state index contributed by atoms with van der Waals surface area (Å²) in [6.07, 6.45) is 2.65. The van der Waals surface area contributed by atoms with E-state index in [1.807, 2.05) is 6.92 Å². The van der Waals surface area contributed by atoms with E-state index in [0.717, 1.165) is 12.8 Å². The third-order valence-electron chi connectivity index (χ3n) is 2.48. The zero-order chi connectivity index (χ0) is 10.3. The Morgan fingerprint density at radius 3 is 2.38 bits per heavy atom. The number of carbonyl (C=O) groups is 1. The maximum atomic E-state index is 11.0. The van der Waals surface area contributed by atoms with Gasteiger partial charge in [0.25, 0.3) is 0 Å². The van der Waals surface area contributed by atoms with Crippen LogP contribution in [0.25, 0.3) is 0 Å². The average molecular weight is 186 g/mol. The molecule has 1 unspecified atom stereocenters. The molecule has 0 aromatic carbocycles. The molecular formula is C11H22O2. The van der Waals surface area contributed by atoms with Crippen molar-refractivity contribution >= 4 is 5.97 Å². The molecule has 1 atom stereocenters. The Hall–Kier alpha value is -0.530. The second-order valence-electron chi connectivity index (χ2n) is 3.92. The van der Waals surface area contributed by atoms with Crippen molar-refractivity contribution in [2.24, 2.45) is 11.8 Å². The van der Waals surface area contributed by atoms with Gasteiger partial charge in [0.2, 0.25) is 0 Å². The molecule has 13 heavy (non-hydrogen) atoms. The molecule has 0 saturated heterocycles. The highest BCUT2D eigenvalue weighted by molar-refractivity contribution is 5.69. The van der Waals surface area contributed by atoms with Gasteiger partial charge < -0.3 is 4.74 Å². The predicted octanol–water partition coefficient (Wildman–Crippen LogP) is 3.01. The van der Waals surface area contributed by atoms with Crippen LogP contribution in [-0.2, 0) is 9.53 Å². The van der Waals surface area contributed by atoms with Gasteiger partial charge in [-0.15, -0.1) is 0 Å². The molecule has 0 aromatic heterocycles. The van der Waals surface area contributed by atoms with Crippen LogP contribution in [-0.4, -0.2) is 12.6 Å². The standard InChI is InChI=1S/C11H22O2/c1-5-13-11(12)8-6-7-10(4)9(2)3/h9-10H,5-8H2,1-4H3. The summed E-state index contributed by atoms with van der Waals surface area (Å²) in [5.41, 5.74) is 0. The minimum atomic E-state index is -0.0570. The molecule has 0 rings (SSSR count). The highest BCUT2D eigenvalue weighted by Crippen LogP contribution is 2.16. The van der Waals surface area contributed by atoms with Gasteiger partial charge in [0.05, 0.1) is 6.61 Å². The average Bonchev–Trinajstić information content (AvgIpc) is 2.04. The van der Waals surface area contributed by atoms with Crippen molar-refractivity contribution in [3.8, 4) is 0 Å². The summed E-state index contributed by atoms with van der Waals surface area (Å²) in [6, 6.07) is 0. The molecule has 2 nitrogen and oxygen atoms in total. The normalized spacial score (nSPS) is 13.0. The van der Waals surface area contributed by atoms with Gasteiger partial charge in [-0.05, 0) is 31.6 Å². The smallest absolute Gasteiger partial charge is 0.305 e. The van der Waals surface area contributed by atoms with Gasteiger partial charge in [0, 0.05) is 6.42 Å². The van der Waals surface area contributed by atoms with Crippen molar-refractivity contribution in [2.75, 3.05) is 6.61 Å². The predicted molar refractivity (Wildman–Crippen MR) is 54.5 cm³/mol. The van der Waals surface area contributed by atoms with E-state index in [0.29, 0.717) is 24.9 Å². The van der Waals surface area contributed by atoms with Gasteiger partial charge in [0.1, 0.15) is 0 Å². The molecule has 0 aliphatic carbocycles. The van der Waals surface area contributed by atoms with E-state index in [-0.39, 0.29) is 5.97 Å². The third-order valence-corrected chi connectivity index (χ3v) is 2.48. The molecule has 0 heterocycles. The van der Waals surface area contributed by atoms with Gasteiger partial charge in [-0.2, -0.15) is 0 Å². The summed E-state index contributed by atoms with van der Waals surface area (Å²) in [5.74, 6) is 1.36. The topological polar surface area (TPSA) is 26.3 Å². The Labute approximate surface area is 81.7 Å². The molecule has 0 aliphatic heterocycles. The van der Waals surface area contributed by atoms with Crippen molar-refractivity contribution in [3.63, 3.8) is 0 Å². The van der Waals surface area contributed by atoms with E-state index in [9.17, 15) is 4.79 Å². The van der Waals surface area contributed by atoms with Crippen molar-refractivity contribution < 1.29 is 9.53 Å². The molecule has 0 N–H and O–H groups in total. The molecule has 0 aliphatic rings. The first-order valence-corrected chi connectivity index (χ1v) is 5.23. The van der Waals surface area contributed by atoms with Crippen LogP contribution < -0.4 is 0 Å². The SMILES string of the molecule is CCOC(=O)CCCC(C)C(C)C. The Kier molecular flexibility index (Phi) is 6.65. The quantitative estimate of drug-likeness (QED) is 0.596. The van der Waals surface area contributed by atoms with Crippen LogP contribution in [0.4, 0.5) is 0 Å². The monoisotopic (exact) mass is 186 g/mol. The molecule has 0 amide bonds. The van der Waals surface area contributed by atoms with E-state index >= 15 is 0 Å². The number of ether oxygens (including phenoxy) is 1. The van der Waals surface area contributed by atoms with Crippen molar-refractivity contribution in [3.05, 3.63) is 0 Å². The number of hydrogen-bond acceptors (Lipinski definition) is 2. The van der Waals surface area contributed by atoms with Crippen LogP contribution in [0, 0.1) is 11.8 Å². The minimum Gasteiger partial charge on any atom is -0.466 e. The zero-order valence-electron chi connectivity index (χ0n) is 9.30. The lowest BCUT2D eigenvalue weighted by molar-refractivity contribution is -0.143. The van der Waals surface area contributed by atoms with Crippen LogP contribution in [0.3, 0.4) is 0 Å². The van der Waals surface area contributed by atoms with Gasteiger partial charge >= 0.3 is 5.97 Å². The van der Waals surface area contributed by atoms with E-state index in [4.69, 9.17) is 4.74 Å². The molecule has 0 fully saturated rings. The number of hydrogen-bond donors (Lipinski definition) is 0. The second kappa shape index (κ2) is 6.93. The van der Waals surface area contributed by atoms with E-state index in [1.54, 1.807) is 0 Å². The fourth-order valence-electron chi connectivity index (χ4n) is 1.13. The largest absolute Gasteiger partial charge is 0.466 e. The van der Waals surface area contributed by atoms with Crippen LogP contribution in [0.2, 0.25) is 0 Å². The zero-order valence-corrected chi connectivity index (χ0v) is 9.30. The molecule has 0 bridgehead atoms. The maximum absolute atomic E-state index is 11.0. The lowest BCUT2D eigenvalue weighted by Gasteiger charge is -2.14. The molecule has 0 spiro atoms. The van der Waals surface area contributed by atoms with E-state index in [1.165, 1.54) is 0 Å². The summed E-state index contributed by atoms with van der Waals surface area (Å²) < 4.78 is 4.85. The molecule has 2 heteroatoms. The Balaban J connectivity index is 3.39. The van der Waals surface area contributed by atoms with Crippen molar-refractivity contribution in [2.45, 2.75) is 47.0 Å². The fourth-order valence-corrected chi connectivity index (χ4v) is 1.13. The first kappa shape index (κ1) is 12.5. The van der Waals surface area contributed by atoms with Gasteiger partial charge in [-0.3, -0.25) is 4.79 Å². The van der Waals surface area contributed by atoms with Crippen molar-refractivity contribution in [1.29, 1.82) is 0 Å². The van der Waals surface area contributed by atoms with E-state index < -0.39 is 0 Å². The third kappa shape index (κ3) is 6.62. The summed E-state index contributed by atoms with van der Waals surface area (Å²) in [7, 11) is 0. The first-order valence-electron chi connectivity index (χ1n) is 5.23. The first-order chi connectivity index (χ1) is 6.07. The molecule has 0 aromatic rings. The maximum Gasteiger partial charge on any atom is 0.305 e. The summed E-state index contributed by atoms with van der Waals surface area (Å²) in [6.45, 7) is 9.01. The molecular weight excluding hydrogens is 164 g/mol. The van der Waals surface area contributed by atoms with Gasteiger partial charge in [-0.1, -0.05) is 20.8 Å². The molecule has 0 saturated carbocycles. The second-order valence-corrected chi connectivity index (χ2v) is 3.92. The van der Waals surface area contributed by atoms with Crippen molar-refractivity contribution in [1.82, 2.24) is 0 Å². The highest BCUT2D eigenvalue weighted by atomic mass is 16.5. The van der Waals surface area contributed by atoms with Crippen LogP contribution in [0.1, 0.15) is 47.0 Å². The van der Waals surface area contributed by atoms with Crippen LogP contribution >= 0.6 is 0 Å². The summed E-state index contributed by atoms with van der Waals surface area (Å²) in [5, 5.41) is 0. The number of esters is 1. The van der Waals surface area contributed by atoms with Crippen LogP contribution in [0.5, 0.6) is 0 Å². The van der Waals surface area contributed by atoms with E-state index in [2.05, 4.69) is 20.8 Å². The Bertz CT molecular complexity index is 141. The fraction of sp³-hybridized carbons (Fsp3) is 0.909. The molecule has 78 valence electrons. The molecule has 0 radical (unpaired) electrons. The Morgan fingerprint density at radius 1 is 1.31 bits per heavy atom.